The molecular weight excluding hydrogens is 308 g/mol. The average Bonchev–Trinajstić information content (AvgIpc) is 2.93. The van der Waals surface area contributed by atoms with Crippen molar-refractivity contribution >= 4 is 16.8 Å². The summed E-state index contributed by atoms with van der Waals surface area (Å²) in [6.07, 6.45) is 3.03. The van der Waals surface area contributed by atoms with Crippen molar-refractivity contribution in [3.8, 4) is 0 Å². The van der Waals surface area contributed by atoms with Crippen LogP contribution >= 0.6 is 0 Å². The summed E-state index contributed by atoms with van der Waals surface area (Å²) in [6, 6.07) is 18.6. The van der Waals surface area contributed by atoms with Crippen molar-refractivity contribution in [1.29, 1.82) is 0 Å². The number of hydrogen-bond donors (Lipinski definition) is 1. The van der Waals surface area contributed by atoms with Gasteiger partial charge in [0.1, 0.15) is 5.69 Å². The molecule has 1 N–H and O–H groups in total. The molecular formula is C22H26N2O. The summed E-state index contributed by atoms with van der Waals surface area (Å²) < 4.78 is 2.19. The number of benzene rings is 2. The first kappa shape index (κ1) is 17.3. The molecule has 3 heteroatoms. The molecule has 1 amide bonds. The SMILES string of the molecule is CCCCn1c(C(=O)NCCc2ccccc2)c(C)c2ccccc21. The monoisotopic (exact) mass is 334 g/mol. The zero-order valence-corrected chi connectivity index (χ0v) is 15.1. The Bertz CT molecular complexity index is 849. The summed E-state index contributed by atoms with van der Waals surface area (Å²) in [6.45, 7) is 5.76. The molecule has 0 aliphatic carbocycles. The molecule has 0 aliphatic rings. The number of nitrogens with zero attached hydrogens (tertiary/aromatic N) is 1. The number of aromatic nitrogens is 1. The summed E-state index contributed by atoms with van der Waals surface area (Å²) >= 11 is 0. The van der Waals surface area contributed by atoms with Gasteiger partial charge in [0.2, 0.25) is 0 Å². The third-order valence-electron chi connectivity index (χ3n) is 4.72. The number of para-hydroxylation sites is 1. The number of carbonyl (C=O) groups excluding carboxylic acids is 1. The number of unbranched alkanes of at least 4 members (excludes halogenated alkanes) is 1. The Morgan fingerprint density at radius 3 is 2.52 bits per heavy atom. The van der Waals surface area contributed by atoms with Crippen molar-refractivity contribution < 1.29 is 4.79 Å². The van der Waals surface area contributed by atoms with Gasteiger partial charge in [-0.1, -0.05) is 61.9 Å². The fourth-order valence-corrected chi connectivity index (χ4v) is 3.37. The molecule has 3 nitrogen and oxygen atoms in total. The predicted molar refractivity (Wildman–Crippen MR) is 104 cm³/mol. The molecule has 0 unspecified atom stereocenters. The minimum absolute atomic E-state index is 0.0285. The van der Waals surface area contributed by atoms with Crippen LogP contribution in [0.5, 0.6) is 0 Å². The largest absolute Gasteiger partial charge is 0.350 e. The minimum Gasteiger partial charge on any atom is -0.350 e. The third-order valence-corrected chi connectivity index (χ3v) is 4.72. The standard InChI is InChI=1S/C22H26N2O/c1-3-4-16-24-20-13-9-8-12-19(20)17(2)21(24)22(25)23-15-14-18-10-6-5-7-11-18/h5-13H,3-4,14-16H2,1-2H3,(H,23,25). The van der Waals surface area contributed by atoms with Gasteiger partial charge in [-0.15, -0.1) is 0 Å². The van der Waals surface area contributed by atoms with Gasteiger partial charge in [0, 0.05) is 24.0 Å². The van der Waals surface area contributed by atoms with Crippen LogP contribution in [0.4, 0.5) is 0 Å². The highest BCUT2D eigenvalue weighted by Gasteiger charge is 2.19. The van der Waals surface area contributed by atoms with Gasteiger partial charge in [0.15, 0.2) is 0 Å². The van der Waals surface area contributed by atoms with Crippen molar-refractivity contribution in [3.05, 3.63) is 71.4 Å². The van der Waals surface area contributed by atoms with E-state index in [9.17, 15) is 4.79 Å². The molecule has 0 radical (unpaired) electrons. The van der Waals surface area contributed by atoms with Crippen LogP contribution in [0.25, 0.3) is 10.9 Å². The van der Waals surface area contributed by atoms with Gasteiger partial charge >= 0.3 is 0 Å². The van der Waals surface area contributed by atoms with E-state index in [0.717, 1.165) is 42.6 Å². The Morgan fingerprint density at radius 2 is 1.76 bits per heavy atom. The Hall–Kier alpha value is -2.55. The van der Waals surface area contributed by atoms with Crippen LogP contribution in [0, 0.1) is 6.92 Å². The normalized spacial score (nSPS) is 11.0. The number of aryl methyl sites for hydroxylation is 2. The van der Waals surface area contributed by atoms with Crippen LogP contribution in [-0.2, 0) is 13.0 Å². The molecule has 130 valence electrons. The van der Waals surface area contributed by atoms with Gasteiger partial charge in [-0.25, -0.2) is 0 Å². The fraction of sp³-hybridized carbons (Fsp3) is 0.318. The number of rotatable bonds is 7. The number of fused-ring (bicyclic) bond motifs is 1. The van der Waals surface area contributed by atoms with E-state index in [0.29, 0.717) is 6.54 Å². The summed E-state index contributed by atoms with van der Waals surface area (Å²) in [5.74, 6) is 0.0285. The Labute approximate surface area is 149 Å². The zero-order chi connectivity index (χ0) is 17.6. The Kier molecular flexibility index (Phi) is 5.54. The van der Waals surface area contributed by atoms with E-state index in [1.165, 1.54) is 10.9 Å². The summed E-state index contributed by atoms with van der Waals surface area (Å²) in [5.41, 5.74) is 4.28. The Morgan fingerprint density at radius 1 is 1.04 bits per heavy atom. The first-order chi connectivity index (χ1) is 12.2. The molecule has 0 bridgehead atoms. The van der Waals surface area contributed by atoms with E-state index in [-0.39, 0.29) is 5.91 Å². The lowest BCUT2D eigenvalue weighted by molar-refractivity contribution is 0.0944. The lowest BCUT2D eigenvalue weighted by Gasteiger charge is -2.11. The zero-order valence-electron chi connectivity index (χ0n) is 15.1. The van der Waals surface area contributed by atoms with E-state index in [1.54, 1.807) is 0 Å². The predicted octanol–water partition coefficient (Wildman–Crippen LogP) is 4.72. The topological polar surface area (TPSA) is 34.0 Å². The van der Waals surface area contributed by atoms with Gasteiger partial charge in [-0.2, -0.15) is 0 Å². The fourth-order valence-electron chi connectivity index (χ4n) is 3.37. The van der Waals surface area contributed by atoms with Crippen LogP contribution in [0.3, 0.4) is 0 Å². The molecule has 2 aromatic carbocycles. The third kappa shape index (κ3) is 3.76. The van der Waals surface area contributed by atoms with Gasteiger partial charge in [-0.05, 0) is 37.0 Å². The van der Waals surface area contributed by atoms with E-state index in [4.69, 9.17) is 0 Å². The van der Waals surface area contributed by atoms with E-state index >= 15 is 0 Å². The highest BCUT2D eigenvalue weighted by Crippen LogP contribution is 2.26. The average molecular weight is 334 g/mol. The van der Waals surface area contributed by atoms with E-state index in [2.05, 4.69) is 48.0 Å². The molecule has 3 aromatic rings. The highest BCUT2D eigenvalue weighted by molar-refractivity contribution is 6.01. The summed E-state index contributed by atoms with van der Waals surface area (Å²) in [5, 5.41) is 4.28. The van der Waals surface area contributed by atoms with E-state index < -0.39 is 0 Å². The van der Waals surface area contributed by atoms with Crippen LogP contribution in [0.2, 0.25) is 0 Å². The van der Waals surface area contributed by atoms with Gasteiger partial charge in [0.25, 0.3) is 5.91 Å². The smallest absolute Gasteiger partial charge is 0.268 e. The quantitative estimate of drug-likeness (QED) is 0.666. The lowest BCUT2D eigenvalue weighted by atomic mass is 10.1. The van der Waals surface area contributed by atoms with Crippen LogP contribution < -0.4 is 5.32 Å². The first-order valence-corrected chi connectivity index (χ1v) is 9.12. The molecule has 0 atom stereocenters. The molecule has 1 aromatic heterocycles. The summed E-state index contributed by atoms with van der Waals surface area (Å²) in [4.78, 5) is 12.9. The summed E-state index contributed by atoms with van der Waals surface area (Å²) in [7, 11) is 0. The molecule has 3 rings (SSSR count). The molecule has 1 heterocycles. The number of hydrogen-bond acceptors (Lipinski definition) is 1. The second-order valence-electron chi connectivity index (χ2n) is 6.49. The molecule has 0 saturated heterocycles. The maximum absolute atomic E-state index is 12.9. The number of amides is 1. The molecule has 25 heavy (non-hydrogen) atoms. The van der Waals surface area contributed by atoms with Gasteiger partial charge in [0.05, 0.1) is 0 Å². The second kappa shape index (κ2) is 8.02. The lowest BCUT2D eigenvalue weighted by Crippen LogP contribution is -2.28. The molecule has 0 spiro atoms. The van der Waals surface area contributed by atoms with Crippen molar-refractivity contribution in [2.45, 2.75) is 39.7 Å². The van der Waals surface area contributed by atoms with Gasteiger partial charge < -0.3 is 9.88 Å². The maximum Gasteiger partial charge on any atom is 0.268 e. The van der Waals surface area contributed by atoms with E-state index in [1.807, 2.05) is 30.3 Å². The highest BCUT2D eigenvalue weighted by atomic mass is 16.1. The van der Waals surface area contributed by atoms with Gasteiger partial charge in [-0.3, -0.25) is 4.79 Å². The van der Waals surface area contributed by atoms with Crippen molar-refractivity contribution in [3.63, 3.8) is 0 Å². The van der Waals surface area contributed by atoms with Crippen molar-refractivity contribution in [1.82, 2.24) is 9.88 Å². The molecule has 0 aliphatic heterocycles. The first-order valence-electron chi connectivity index (χ1n) is 9.12. The maximum atomic E-state index is 12.9. The Balaban J connectivity index is 1.81. The van der Waals surface area contributed by atoms with Crippen LogP contribution in [0.1, 0.15) is 41.4 Å². The number of carbonyl (C=O) groups is 1. The molecule has 0 saturated carbocycles. The van der Waals surface area contributed by atoms with Crippen LogP contribution in [-0.4, -0.2) is 17.0 Å². The minimum atomic E-state index is 0.0285. The van der Waals surface area contributed by atoms with Crippen molar-refractivity contribution in [2.75, 3.05) is 6.54 Å². The molecule has 0 fully saturated rings. The number of nitrogens with one attached hydrogen (secondary N) is 1. The second-order valence-corrected chi connectivity index (χ2v) is 6.49. The van der Waals surface area contributed by atoms with Crippen molar-refractivity contribution in [2.24, 2.45) is 0 Å². The van der Waals surface area contributed by atoms with Crippen LogP contribution in [0.15, 0.2) is 54.6 Å².